The van der Waals surface area contributed by atoms with Crippen molar-refractivity contribution in [2.45, 2.75) is 38.5 Å². The summed E-state index contributed by atoms with van der Waals surface area (Å²) in [5.41, 5.74) is -0.798. The van der Waals surface area contributed by atoms with Crippen LogP contribution < -0.4 is 16.0 Å². The van der Waals surface area contributed by atoms with E-state index in [9.17, 15) is 28.4 Å². The Balaban J connectivity index is 2.29. The van der Waals surface area contributed by atoms with Crippen molar-refractivity contribution >= 4 is 40.6 Å². The molecule has 35 heavy (non-hydrogen) atoms. The van der Waals surface area contributed by atoms with Gasteiger partial charge < -0.3 is 20.7 Å². The third kappa shape index (κ3) is 8.81. The van der Waals surface area contributed by atoms with Gasteiger partial charge in [-0.05, 0) is 24.6 Å². The van der Waals surface area contributed by atoms with Gasteiger partial charge in [0.25, 0.3) is 11.8 Å². The standard InChI is InChI=1S/C23H25FN4O6S/c1-4-17-23(33)34-15(7-5-6-10-35-14(3)29)11-20(30)25-12-19-16(24)8-9-18(27-19)22(32)26-13(2)21(31)28-17/h4-5,7-9,15,17H,1-2,6,10-12H2,3H3,(H,25,30)(H,26,32)(H,28,31)/b7-5+/t15-,17+/m1/s1. The van der Waals surface area contributed by atoms with Gasteiger partial charge in [0.15, 0.2) is 5.12 Å². The van der Waals surface area contributed by atoms with Crippen molar-refractivity contribution in [3.8, 4) is 0 Å². The molecule has 0 fully saturated rings. The molecule has 12 heteroatoms. The lowest BCUT2D eigenvalue weighted by Crippen LogP contribution is -2.45. The normalized spacial score (nSPS) is 20.0. The number of carbonyl (C=O) groups is 5. The fourth-order valence-corrected chi connectivity index (χ4v) is 3.30. The number of esters is 1. The largest absolute Gasteiger partial charge is 0.456 e. The predicted molar refractivity (Wildman–Crippen MR) is 126 cm³/mol. The molecule has 186 valence electrons. The molecular weight excluding hydrogens is 479 g/mol. The summed E-state index contributed by atoms with van der Waals surface area (Å²) in [5.74, 6) is -3.46. The van der Waals surface area contributed by atoms with Crippen LogP contribution in [0, 0.1) is 5.82 Å². The minimum absolute atomic E-state index is 0.0406. The minimum Gasteiger partial charge on any atom is -0.456 e. The number of halogens is 1. The second kappa shape index (κ2) is 13.2. The molecule has 0 unspecified atom stereocenters. The summed E-state index contributed by atoms with van der Waals surface area (Å²) < 4.78 is 19.5. The zero-order chi connectivity index (χ0) is 26.0. The van der Waals surface area contributed by atoms with Gasteiger partial charge in [-0.1, -0.05) is 30.5 Å². The third-order valence-corrected chi connectivity index (χ3v) is 5.36. The molecule has 0 saturated carbocycles. The molecule has 0 saturated heterocycles. The number of hydrogen-bond donors (Lipinski definition) is 3. The summed E-state index contributed by atoms with van der Waals surface area (Å²) in [6.07, 6.45) is 3.41. The Morgan fingerprint density at radius 3 is 2.71 bits per heavy atom. The van der Waals surface area contributed by atoms with Crippen LogP contribution in [0.5, 0.6) is 0 Å². The quantitative estimate of drug-likeness (QED) is 0.236. The van der Waals surface area contributed by atoms with E-state index in [4.69, 9.17) is 4.74 Å². The van der Waals surface area contributed by atoms with Crippen molar-refractivity contribution in [3.05, 3.63) is 66.4 Å². The molecule has 1 aromatic rings. The number of fused-ring (bicyclic) bond motifs is 2. The van der Waals surface area contributed by atoms with E-state index in [0.717, 1.165) is 30.0 Å². The third-order valence-electron chi connectivity index (χ3n) is 4.51. The minimum atomic E-state index is -1.30. The molecule has 2 rings (SSSR count). The van der Waals surface area contributed by atoms with E-state index >= 15 is 0 Å². The maximum absolute atomic E-state index is 14.2. The molecule has 1 aliphatic rings. The molecule has 1 aliphatic heterocycles. The van der Waals surface area contributed by atoms with Gasteiger partial charge in [0, 0.05) is 12.7 Å². The van der Waals surface area contributed by atoms with Crippen molar-refractivity contribution < 1.29 is 33.1 Å². The number of amides is 3. The molecule has 0 aliphatic carbocycles. The summed E-state index contributed by atoms with van der Waals surface area (Å²) in [6.45, 7) is 8.08. The molecule has 2 atom stereocenters. The van der Waals surface area contributed by atoms with E-state index in [1.54, 1.807) is 6.08 Å². The zero-order valence-electron chi connectivity index (χ0n) is 19.0. The molecular formula is C23H25FN4O6S. The van der Waals surface area contributed by atoms with Crippen LogP contribution in [-0.4, -0.2) is 51.7 Å². The van der Waals surface area contributed by atoms with Crippen molar-refractivity contribution in [2.24, 2.45) is 0 Å². The maximum atomic E-state index is 14.2. The summed E-state index contributed by atoms with van der Waals surface area (Å²) in [5, 5.41) is 6.97. The van der Waals surface area contributed by atoms with Gasteiger partial charge in [-0.25, -0.2) is 14.2 Å². The van der Waals surface area contributed by atoms with Gasteiger partial charge >= 0.3 is 5.97 Å². The molecule has 10 nitrogen and oxygen atoms in total. The van der Waals surface area contributed by atoms with Gasteiger partial charge in [0.1, 0.15) is 23.7 Å². The average molecular weight is 505 g/mol. The Hall–Kier alpha value is -3.80. The number of ether oxygens (including phenoxy) is 1. The Bertz CT molecular complexity index is 1070. The Labute approximate surface area is 205 Å². The lowest BCUT2D eigenvalue weighted by atomic mass is 10.2. The molecule has 1 aromatic heterocycles. The van der Waals surface area contributed by atoms with Crippen molar-refractivity contribution in [2.75, 3.05) is 5.75 Å². The number of carbonyl (C=O) groups excluding carboxylic acids is 5. The highest BCUT2D eigenvalue weighted by Gasteiger charge is 2.25. The van der Waals surface area contributed by atoms with Crippen LogP contribution in [0.2, 0.25) is 0 Å². The van der Waals surface area contributed by atoms with Crippen molar-refractivity contribution in [1.82, 2.24) is 20.9 Å². The molecule has 2 heterocycles. The van der Waals surface area contributed by atoms with E-state index < -0.39 is 41.7 Å². The predicted octanol–water partition coefficient (Wildman–Crippen LogP) is 1.29. The maximum Gasteiger partial charge on any atom is 0.333 e. The number of thioether (sulfide) groups is 1. The molecule has 0 radical (unpaired) electrons. The van der Waals surface area contributed by atoms with Crippen LogP contribution in [0.3, 0.4) is 0 Å². The molecule has 0 aromatic carbocycles. The van der Waals surface area contributed by atoms with Gasteiger partial charge in [-0.2, -0.15) is 0 Å². The first kappa shape index (κ1) is 27.4. The fourth-order valence-electron chi connectivity index (χ4n) is 2.76. The van der Waals surface area contributed by atoms with Gasteiger partial charge in [-0.3, -0.25) is 19.2 Å². The Morgan fingerprint density at radius 2 is 2.03 bits per heavy atom. The zero-order valence-corrected chi connectivity index (χ0v) is 19.8. The summed E-state index contributed by atoms with van der Waals surface area (Å²) in [6, 6.07) is 0.821. The second-order valence-corrected chi connectivity index (χ2v) is 8.53. The van der Waals surface area contributed by atoms with Gasteiger partial charge in [-0.15, -0.1) is 6.58 Å². The van der Waals surface area contributed by atoms with E-state index in [0.29, 0.717) is 12.2 Å². The molecule has 3 amide bonds. The number of nitrogens with zero attached hydrogens (tertiary/aromatic N) is 1. The van der Waals surface area contributed by atoms with Crippen molar-refractivity contribution in [3.63, 3.8) is 0 Å². The average Bonchev–Trinajstić information content (AvgIpc) is 2.80. The van der Waals surface area contributed by atoms with Crippen molar-refractivity contribution in [1.29, 1.82) is 0 Å². The highest BCUT2D eigenvalue weighted by atomic mass is 32.2. The first-order valence-electron chi connectivity index (χ1n) is 10.5. The second-order valence-electron chi connectivity index (χ2n) is 7.26. The van der Waals surface area contributed by atoms with E-state index in [1.807, 2.05) is 0 Å². The number of nitrogens with one attached hydrogen (secondary N) is 3. The van der Waals surface area contributed by atoms with E-state index in [1.165, 1.54) is 13.0 Å². The van der Waals surface area contributed by atoms with E-state index in [2.05, 4.69) is 34.1 Å². The van der Waals surface area contributed by atoms with Crippen LogP contribution in [0.25, 0.3) is 0 Å². The van der Waals surface area contributed by atoms with E-state index in [-0.39, 0.29) is 35.2 Å². The van der Waals surface area contributed by atoms with Gasteiger partial charge in [0.2, 0.25) is 5.91 Å². The topological polar surface area (TPSA) is 144 Å². The SMILES string of the molecule is C=C[C@@H]1NC(=O)C(=C)NC(=O)c2ccc(F)c(n2)CNC(=O)C[C@@H](/C=C/CCSC(C)=O)OC1=O. The molecule has 0 spiro atoms. The number of hydrogen-bond acceptors (Lipinski definition) is 8. The van der Waals surface area contributed by atoms with Crippen LogP contribution >= 0.6 is 11.8 Å². The Kier molecular flexibility index (Phi) is 10.3. The fraction of sp³-hybridized carbons (Fsp3) is 0.304. The van der Waals surface area contributed by atoms with Crippen LogP contribution in [0.1, 0.15) is 35.9 Å². The monoisotopic (exact) mass is 504 g/mol. The number of aromatic nitrogens is 1. The van der Waals surface area contributed by atoms with Crippen LogP contribution in [0.4, 0.5) is 4.39 Å². The van der Waals surface area contributed by atoms with Gasteiger partial charge in [0.05, 0.1) is 24.4 Å². The highest BCUT2D eigenvalue weighted by molar-refractivity contribution is 8.13. The molecule has 3 N–H and O–H groups in total. The smallest absolute Gasteiger partial charge is 0.333 e. The van der Waals surface area contributed by atoms with Crippen LogP contribution in [-0.2, 0) is 30.5 Å². The number of cyclic esters (lactones) is 1. The summed E-state index contributed by atoms with van der Waals surface area (Å²) in [4.78, 5) is 64.8. The van der Waals surface area contributed by atoms with Crippen LogP contribution in [0.15, 0.2) is 49.2 Å². The first-order valence-corrected chi connectivity index (χ1v) is 11.5. The first-order chi connectivity index (χ1) is 16.6. The highest BCUT2D eigenvalue weighted by Crippen LogP contribution is 2.11. The number of pyridine rings is 1. The lowest BCUT2D eigenvalue weighted by Gasteiger charge is -2.20. The lowest BCUT2D eigenvalue weighted by molar-refractivity contribution is -0.150. The number of allylic oxidation sites excluding steroid dienone is 1. The Morgan fingerprint density at radius 1 is 1.29 bits per heavy atom. The summed E-state index contributed by atoms with van der Waals surface area (Å²) in [7, 11) is 0. The number of rotatable bonds is 5. The molecule has 2 bridgehead atoms. The summed E-state index contributed by atoms with van der Waals surface area (Å²) >= 11 is 1.12.